The molecule has 216 valence electrons. The van der Waals surface area contributed by atoms with Crippen molar-refractivity contribution in [1.29, 1.82) is 0 Å². The summed E-state index contributed by atoms with van der Waals surface area (Å²) >= 11 is 0. The Kier molecular flexibility index (Phi) is 12.3. The molecule has 10 heteroatoms. The summed E-state index contributed by atoms with van der Waals surface area (Å²) in [6, 6.07) is 12.7. The van der Waals surface area contributed by atoms with Gasteiger partial charge in [0.1, 0.15) is 5.75 Å². The Morgan fingerprint density at radius 2 is 1.46 bits per heavy atom. The van der Waals surface area contributed by atoms with Crippen molar-refractivity contribution in [3.63, 3.8) is 0 Å². The number of carboxylic acids is 2. The van der Waals surface area contributed by atoms with Crippen molar-refractivity contribution in [2.24, 2.45) is 13.0 Å². The lowest BCUT2D eigenvalue weighted by Crippen LogP contribution is -2.46. The van der Waals surface area contributed by atoms with Gasteiger partial charge in [0.25, 0.3) is 0 Å². The Labute approximate surface area is 231 Å². The highest BCUT2D eigenvalue weighted by Gasteiger charge is 2.21. The highest BCUT2D eigenvalue weighted by molar-refractivity contribution is 5.77. The number of aliphatic carboxylic acids is 2. The Hall–Kier alpha value is -3.53. The van der Waals surface area contributed by atoms with Crippen LogP contribution in [0.25, 0.3) is 0 Å². The summed E-state index contributed by atoms with van der Waals surface area (Å²) < 4.78 is 8.25. The number of amides is 1. The van der Waals surface area contributed by atoms with Crippen LogP contribution in [0.2, 0.25) is 0 Å². The number of carboxylic acid groups (broad SMARTS) is 2. The SMILES string of the molecule is CC(C)Oc1ccccc1N1CCN(Cc2ccc(CN(C)C(=O)C(C)C)n2C)CC1.O=C(O)CCC(=O)O. The van der Waals surface area contributed by atoms with Gasteiger partial charge in [-0.25, -0.2) is 0 Å². The number of ether oxygens (including phenoxy) is 1. The Balaban J connectivity index is 0.000000580. The van der Waals surface area contributed by atoms with Crippen LogP contribution >= 0.6 is 0 Å². The second kappa shape index (κ2) is 15.2. The molecule has 1 fully saturated rings. The van der Waals surface area contributed by atoms with Crippen LogP contribution in [0.5, 0.6) is 5.75 Å². The number of nitrogens with zero attached hydrogens (tertiary/aromatic N) is 4. The van der Waals surface area contributed by atoms with E-state index < -0.39 is 11.9 Å². The molecule has 2 heterocycles. The number of para-hydroxylation sites is 2. The van der Waals surface area contributed by atoms with Crippen molar-refractivity contribution < 1.29 is 29.3 Å². The number of hydrogen-bond donors (Lipinski definition) is 2. The number of aromatic nitrogens is 1. The van der Waals surface area contributed by atoms with E-state index in [-0.39, 0.29) is 30.8 Å². The maximum atomic E-state index is 12.2. The molecule has 1 aromatic carbocycles. The fourth-order valence-electron chi connectivity index (χ4n) is 4.34. The van der Waals surface area contributed by atoms with E-state index in [0.717, 1.165) is 38.5 Å². The lowest BCUT2D eigenvalue weighted by Gasteiger charge is -2.37. The van der Waals surface area contributed by atoms with Crippen molar-refractivity contribution in [3.05, 3.63) is 47.8 Å². The number of carbonyl (C=O) groups is 3. The Morgan fingerprint density at radius 3 is 2.00 bits per heavy atom. The van der Waals surface area contributed by atoms with E-state index in [4.69, 9.17) is 14.9 Å². The Morgan fingerprint density at radius 1 is 0.897 bits per heavy atom. The first-order chi connectivity index (χ1) is 18.4. The van der Waals surface area contributed by atoms with Gasteiger partial charge in [0.15, 0.2) is 0 Å². The minimum absolute atomic E-state index is 0.0251. The van der Waals surface area contributed by atoms with E-state index in [2.05, 4.69) is 65.6 Å². The third-order valence-electron chi connectivity index (χ3n) is 6.48. The standard InChI is InChI=1S/C25H38N4O2.C4H6O4/c1-19(2)25(30)26(5)17-21-11-12-22(27(21)6)18-28-13-15-29(16-14-28)23-9-7-8-10-24(23)31-20(3)4;5-3(6)1-2-4(7)8/h7-12,19-20H,13-18H2,1-6H3;1-2H2,(H,5,6)(H,7,8). The van der Waals surface area contributed by atoms with Crippen LogP contribution in [0.1, 0.15) is 51.9 Å². The number of carbonyl (C=O) groups excluding carboxylic acids is 1. The van der Waals surface area contributed by atoms with Crippen LogP contribution in [0.4, 0.5) is 5.69 Å². The summed E-state index contributed by atoms with van der Waals surface area (Å²) in [5, 5.41) is 15.8. The van der Waals surface area contributed by atoms with Crippen LogP contribution < -0.4 is 9.64 Å². The number of piperazine rings is 1. The monoisotopic (exact) mass is 544 g/mol. The quantitative estimate of drug-likeness (QED) is 0.440. The van der Waals surface area contributed by atoms with Crippen LogP contribution in [-0.4, -0.2) is 81.8 Å². The summed E-state index contributed by atoms with van der Waals surface area (Å²) in [5.41, 5.74) is 3.65. The van der Waals surface area contributed by atoms with Gasteiger partial charge in [-0.15, -0.1) is 0 Å². The van der Waals surface area contributed by atoms with Gasteiger partial charge in [0, 0.05) is 64.1 Å². The van der Waals surface area contributed by atoms with E-state index in [1.807, 2.05) is 31.9 Å². The lowest BCUT2D eigenvalue weighted by atomic mass is 10.2. The van der Waals surface area contributed by atoms with Gasteiger partial charge in [-0.3, -0.25) is 19.3 Å². The Bertz CT molecular complexity index is 1080. The number of anilines is 1. The molecule has 10 nitrogen and oxygen atoms in total. The molecule has 0 bridgehead atoms. The van der Waals surface area contributed by atoms with Crippen molar-refractivity contribution in [1.82, 2.24) is 14.4 Å². The fourth-order valence-corrected chi connectivity index (χ4v) is 4.34. The van der Waals surface area contributed by atoms with Crippen LogP contribution in [0.15, 0.2) is 36.4 Å². The topological polar surface area (TPSA) is 116 Å². The van der Waals surface area contributed by atoms with Gasteiger partial charge in [-0.2, -0.15) is 0 Å². The fraction of sp³-hybridized carbons (Fsp3) is 0.552. The van der Waals surface area contributed by atoms with Crippen LogP contribution in [0.3, 0.4) is 0 Å². The zero-order valence-electron chi connectivity index (χ0n) is 24.1. The summed E-state index contributed by atoms with van der Waals surface area (Å²) in [4.78, 5) is 38.2. The molecule has 0 unspecified atom stereocenters. The van der Waals surface area contributed by atoms with Crippen molar-refractivity contribution in [3.8, 4) is 5.75 Å². The van der Waals surface area contributed by atoms with Crippen molar-refractivity contribution in [2.75, 3.05) is 38.1 Å². The largest absolute Gasteiger partial charge is 0.489 e. The number of rotatable bonds is 11. The molecule has 3 rings (SSSR count). The van der Waals surface area contributed by atoms with Gasteiger partial charge < -0.3 is 29.3 Å². The summed E-state index contributed by atoms with van der Waals surface area (Å²) in [5.74, 6) is -0.976. The predicted molar refractivity (Wildman–Crippen MR) is 151 cm³/mol. The van der Waals surface area contributed by atoms with Crippen molar-refractivity contribution >= 4 is 23.5 Å². The molecule has 0 aliphatic carbocycles. The molecule has 0 atom stereocenters. The van der Waals surface area contributed by atoms with Gasteiger partial charge in [-0.05, 0) is 38.1 Å². The van der Waals surface area contributed by atoms with E-state index in [0.29, 0.717) is 6.54 Å². The van der Waals surface area contributed by atoms with Crippen LogP contribution in [-0.2, 0) is 34.5 Å². The van der Waals surface area contributed by atoms with E-state index >= 15 is 0 Å². The van der Waals surface area contributed by atoms with Gasteiger partial charge >= 0.3 is 11.9 Å². The van der Waals surface area contributed by atoms with Crippen LogP contribution in [0, 0.1) is 5.92 Å². The predicted octanol–water partition coefficient (Wildman–Crippen LogP) is 3.68. The molecule has 2 aromatic rings. The highest BCUT2D eigenvalue weighted by atomic mass is 16.5. The first-order valence-corrected chi connectivity index (χ1v) is 13.4. The second-order valence-electron chi connectivity index (χ2n) is 10.4. The molecule has 1 saturated heterocycles. The molecule has 0 radical (unpaired) electrons. The third-order valence-corrected chi connectivity index (χ3v) is 6.48. The molecule has 1 amide bonds. The summed E-state index contributed by atoms with van der Waals surface area (Å²) in [7, 11) is 3.99. The average molecular weight is 545 g/mol. The van der Waals surface area contributed by atoms with E-state index in [1.54, 1.807) is 0 Å². The third kappa shape index (κ3) is 10.3. The molecule has 1 aliphatic rings. The second-order valence-corrected chi connectivity index (χ2v) is 10.4. The van der Waals surface area contributed by atoms with Gasteiger partial charge in [-0.1, -0.05) is 26.0 Å². The highest BCUT2D eigenvalue weighted by Crippen LogP contribution is 2.30. The number of benzene rings is 1. The first kappa shape index (κ1) is 31.7. The van der Waals surface area contributed by atoms with E-state index in [1.165, 1.54) is 17.1 Å². The molecule has 1 aliphatic heterocycles. The summed E-state index contributed by atoms with van der Waals surface area (Å²) in [6.07, 6.45) is -0.422. The molecule has 0 spiro atoms. The van der Waals surface area contributed by atoms with Gasteiger partial charge in [0.05, 0.1) is 31.2 Å². The molecular weight excluding hydrogens is 500 g/mol. The zero-order valence-corrected chi connectivity index (χ0v) is 24.1. The van der Waals surface area contributed by atoms with Crippen molar-refractivity contribution in [2.45, 2.75) is 59.7 Å². The molecular formula is C29H44N4O6. The normalized spacial score (nSPS) is 13.7. The molecule has 2 N–H and O–H groups in total. The maximum Gasteiger partial charge on any atom is 0.303 e. The number of hydrogen-bond acceptors (Lipinski definition) is 6. The lowest BCUT2D eigenvalue weighted by molar-refractivity contribution is -0.143. The minimum Gasteiger partial charge on any atom is -0.489 e. The molecule has 1 aromatic heterocycles. The minimum atomic E-state index is -1.08. The summed E-state index contributed by atoms with van der Waals surface area (Å²) in [6.45, 7) is 13.6. The zero-order chi connectivity index (χ0) is 29.1. The van der Waals surface area contributed by atoms with Gasteiger partial charge in [0.2, 0.25) is 5.91 Å². The molecule has 0 saturated carbocycles. The molecule has 39 heavy (non-hydrogen) atoms. The first-order valence-electron chi connectivity index (χ1n) is 13.4. The van der Waals surface area contributed by atoms with E-state index in [9.17, 15) is 14.4 Å². The smallest absolute Gasteiger partial charge is 0.303 e. The maximum absolute atomic E-state index is 12.2. The average Bonchev–Trinajstić information content (AvgIpc) is 3.21.